The Labute approximate surface area is 131 Å². The summed E-state index contributed by atoms with van der Waals surface area (Å²) in [6.07, 6.45) is -2.04. The largest absolute Gasteiger partial charge is 0.451 e. The number of rotatable bonds is 1. The number of carbonyl (C=O) groups excluding carboxylic acids is 1. The molecule has 0 radical (unpaired) electrons. The Balaban J connectivity index is 0.00000176. The summed E-state index contributed by atoms with van der Waals surface area (Å²) in [6.45, 7) is 0.353. The number of fused-ring (bicyclic) bond motifs is 1. The highest BCUT2D eigenvalue weighted by molar-refractivity contribution is 5.85. The van der Waals surface area contributed by atoms with Crippen LogP contribution in [0.15, 0.2) is 0 Å². The standard InChI is InChI=1S/C12H16F3N5O.ClH/c13-12(14,15)11-18-17-9-6-19(4-5-20(9)11)10(21)7-2-1-3-8(7)16;/h7-8H,1-6,16H2;1H. The van der Waals surface area contributed by atoms with Gasteiger partial charge in [-0.25, -0.2) is 0 Å². The lowest BCUT2D eigenvalue weighted by molar-refractivity contribution is -0.148. The van der Waals surface area contributed by atoms with E-state index in [1.54, 1.807) is 4.90 Å². The first kappa shape index (κ1) is 17.0. The molecule has 0 aromatic carbocycles. The summed E-state index contributed by atoms with van der Waals surface area (Å²) < 4.78 is 39.3. The van der Waals surface area contributed by atoms with Gasteiger partial charge in [0.25, 0.3) is 0 Å². The molecule has 1 fully saturated rings. The molecule has 10 heteroatoms. The molecule has 2 aliphatic rings. The minimum absolute atomic E-state index is 0. The molecule has 0 spiro atoms. The maximum absolute atomic E-state index is 12.7. The Morgan fingerprint density at radius 2 is 1.95 bits per heavy atom. The Hall–Kier alpha value is -1.35. The molecule has 124 valence electrons. The van der Waals surface area contributed by atoms with Gasteiger partial charge in [0.05, 0.1) is 12.5 Å². The highest BCUT2D eigenvalue weighted by atomic mass is 35.5. The lowest BCUT2D eigenvalue weighted by Gasteiger charge is -2.31. The van der Waals surface area contributed by atoms with Crippen LogP contribution in [0.3, 0.4) is 0 Å². The molecule has 2 N–H and O–H groups in total. The minimum atomic E-state index is -4.52. The second-order valence-corrected chi connectivity index (χ2v) is 5.55. The molecule has 6 nitrogen and oxygen atoms in total. The fourth-order valence-electron chi connectivity index (χ4n) is 3.09. The second-order valence-electron chi connectivity index (χ2n) is 5.55. The van der Waals surface area contributed by atoms with E-state index in [0.717, 1.165) is 23.8 Å². The molecule has 22 heavy (non-hydrogen) atoms. The summed E-state index contributed by atoms with van der Waals surface area (Å²) >= 11 is 0. The molecular formula is C12H17ClF3N5O. The highest BCUT2D eigenvalue weighted by Gasteiger charge is 2.41. The van der Waals surface area contributed by atoms with Crippen molar-refractivity contribution in [3.05, 3.63) is 11.6 Å². The lowest BCUT2D eigenvalue weighted by Crippen LogP contribution is -2.45. The van der Waals surface area contributed by atoms with Crippen molar-refractivity contribution in [1.29, 1.82) is 0 Å². The minimum Gasteiger partial charge on any atom is -0.333 e. The van der Waals surface area contributed by atoms with E-state index < -0.39 is 12.0 Å². The number of hydrogen-bond acceptors (Lipinski definition) is 4. The Bertz CT molecular complexity index is 561. The van der Waals surface area contributed by atoms with Crippen LogP contribution in [0.5, 0.6) is 0 Å². The Kier molecular flexibility index (Phi) is 4.67. The predicted octanol–water partition coefficient (Wildman–Crippen LogP) is 1.19. The smallest absolute Gasteiger partial charge is 0.333 e. The van der Waals surface area contributed by atoms with Gasteiger partial charge in [0.1, 0.15) is 0 Å². The number of carbonyl (C=O) groups is 1. The van der Waals surface area contributed by atoms with Crippen LogP contribution in [0.1, 0.15) is 30.9 Å². The zero-order valence-corrected chi connectivity index (χ0v) is 12.5. The Morgan fingerprint density at radius 1 is 1.23 bits per heavy atom. The molecule has 1 aliphatic heterocycles. The van der Waals surface area contributed by atoms with Crippen molar-refractivity contribution >= 4 is 18.3 Å². The van der Waals surface area contributed by atoms with E-state index >= 15 is 0 Å². The number of alkyl halides is 3. The molecule has 0 saturated heterocycles. The summed E-state index contributed by atoms with van der Waals surface area (Å²) in [5.74, 6) is -1.12. The van der Waals surface area contributed by atoms with Crippen molar-refractivity contribution in [1.82, 2.24) is 19.7 Å². The normalized spacial score (nSPS) is 24.8. The van der Waals surface area contributed by atoms with Gasteiger partial charge in [0, 0.05) is 19.1 Å². The number of aromatic nitrogens is 3. The van der Waals surface area contributed by atoms with Gasteiger partial charge in [0.2, 0.25) is 11.7 Å². The molecule has 1 aromatic rings. The fourth-order valence-corrected chi connectivity index (χ4v) is 3.09. The van der Waals surface area contributed by atoms with Crippen molar-refractivity contribution in [3.8, 4) is 0 Å². The molecule has 2 atom stereocenters. The number of halogens is 4. The third-order valence-electron chi connectivity index (χ3n) is 4.21. The maximum Gasteiger partial charge on any atom is 0.451 e. The zero-order chi connectivity index (χ0) is 15.2. The maximum atomic E-state index is 12.7. The van der Waals surface area contributed by atoms with Crippen LogP contribution in [0, 0.1) is 5.92 Å². The SMILES string of the molecule is Cl.NC1CCCC1C(=O)N1CCn2c(nnc2C(F)(F)F)C1. The van der Waals surface area contributed by atoms with Crippen LogP contribution >= 0.6 is 12.4 Å². The van der Waals surface area contributed by atoms with E-state index in [-0.39, 0.29) is 55.7 Å². The molecule has 2 heterocycles. The number of hydrogen-bond donors (Lipinski definition) is 1. The molecule has 1 amide bonds. The third-order valence-corrected chi connectivity index (χ3v) is 4.21. The van der Waals surface area contributed by atoms with E-state index in [0.29, 0.717) is 0 Å². The lowest BCUT2D eigenvalue weighted by atomic mass is 10.0. The van der Waals surface area contributed by atoms with Crippen LogP contribution in [0.25, 0.3) is 0 Å². The van der Waals surface area contributed by atoms with Crippen molar-refractivity contribution in [3.63, 3.8) is 0 Å². The van der Waals surface area contributed by atoms with Crippen molar-refractivity contribution in [2.75, 3.05) is 6.54 Å². The third kappa shape index (κ3) is 2.91. The van der Waals surface area contributed by atoms with Gasteiger partial charge in [0.15, 0.2) is 5.82 Å². The number of nitrogens with zero attached hydrogens (tertiary/aromatic N) is 4. The summed E-state index contributed by atoms with van der Waals surface area (Å²) in [5.41, 5.74) is 5.91. The quantitative estimate of drug-likeness (QED) is 0.833. The molecule has 3 rings (SSSR count). The zero-order valence-electron chi connectivity index (χ0n) is 11.7. The molecule has 1 aliphatic carbocycles. The van der Waals surface area contributed by atoms with Crippen LogP contribution in [0.4, 0.5) is 13.2 Å². The van der Waals surface area contributed by atoms with E-state index in [9.17, 15) is 18.0 Å². The van der Waals surface area contributed by atoms with Crippen molar-refractivity contribution in [2.45, 2.75) is 44.6 Å². The van der Waals surface area contributed by atoms with Crippen LogP contribution in [-0.4, -0.2) is 38.2 Å². The van der Waals surface area contributed by atoms with Crippen LogP contribution < -0.4 is 5.73 Å². The van der Waals surface area contributed by atoms with Gasteiger partial charge < -0.3 is 15.2 Å². The average Bonchev–Trinajstić information content (AvgIpc) is 3.02. The van der Waals surface area contributed by atoms with Gasteiger partial charge in [-0.1, -0.05) is 6.42 Å². The summed E-state index contributed by atoms with van der Waals surface area (Å²) in [4.78, 5) is 13.9. The first-order valence-electron chi connectivity index (χ1n) is 6.91. The van der Waals surface area contributed by atoms with E-state index in [2.05, 4.69) is 10.2 Å². The van der Waals surface area contributed by atoms with Gasteiger partial charge in [-0.15, -0.1) is 22.6 Å². The predicted molar refractivity (Wildman–Crippen MR) is 73.0 cm³/mol. The highest BCUT2D eigenvalue weighted by Crippen LogP contribution is 2.31. The topological polar surface area (TPSA) is 77.0 Å². The molecule has 1 aromatic heterocycles. The number of amides is 1. The first-order valence-corrected chi connectivity index (χ1v) is 6.91. The number of nitrogens with two attached hydrogens (primary N) is 1. The van der Waals surface area contributed by atoms with Gasteiger partial charge in [-0.05, 0) is 12.8 Å². The van der Waals surface area contributed by atoms with E-state index in [1.807, 2.05) is 0 Å². The van der Waals surface area contributed by atoms with Crippen molar-refractivity contribution < 1.29 is 18.0 Å². The summed E-state index contributed by atoms with van der Waals surface area (Å²) in [7, 11) is 0. The summed E-state index contributed by atoms with van der Waals surface area (Å²) in [6, 6.07) is -0.150. The van der Waals surface area contributed by atoms with E-state index in [4.69, 9.17) is 5.73 Å². The van der Waals surface area contributed by atoms with E-state index in [1.165, 1.54) is 0 Å². The summed E-state index contributed by atoms with van der Waals surface area (Å²) in [5, 5.41) is 6.77. The first-order chi connectivity index (χ1) is 9.88. The molecule has 2 unspecified atom stereocenters. The molecular weight excluding hydrogens is 323 g/mol. The van der Waals surface area contributed by atoms with Gasteiger partial charge in [-0.2, -0.15) is 13.2 Å². The second kappa shape index (κ2) is 6.04. The monoisotopic (exact) mass is 339 g/mol. The fraction of sp³-hybridized carbons (Fsp3) is 0.750. The Morgan fingerprint density at radius 3 is 2.55 bits per heavy atom. The van der Waals surface area contributed by atoms with Crippen LogP contribution in [-0.2, 0) is 24.1 Å². The van der Waals surface area contributed by atoms with Gasteiger partial charge >= 0.3 is 6.18 Å². The van der Waals surface area contributed by atoms with Crippen molar-refractivity contribution in [2.24, 2.45) is 11.7 Å². The molecule has 1 saturated carbocycles. The average molecular weight is 340 g/mol. The molecule has 0 bridgehead atoms. The van der Waals surface area contributed by atoms with Gasteiger partial charge in [-0.3, -0.25) is 4.79 Å². The van der Waals surface area contributed by atoms with Crippen LogP contribution in [0.2, 0.25) is 0 Å².